The van der Waals surface area contributed by atoms with Gasteiger partial charge in [0.05, 0.1) is 13.2 Å². The third kappa shape index (κ3) is 5.84. The zero-order valence-electron chi connectivity index (χ0n) is 15.2. The smallest absolute Gasteiger partial charge is 0.160 e. The van der Waals surface area contributed by atoms with E-state index in [0.717, 1.165) is 43.4 Å². The van der Waals surface area contributed by atoms with Crippen LogP contribution in [0.2, 0.25) is 5.02 Å². The van der Waals surface area contributed by atoms with E-state index < -0.39 is 0 Å². The maximum atomic E-state index is 6.03. The number of hydrogen-bond donors (Lipinski definition) is 0. The first-order valence-electron chi connectivity index (χ1n) is 9.83. The highest BCUT2D eigenvalue weighted by atomic mass is 35.5. The summed E-state index contributed by atoms with van der Waals surface area (Å²) in [5, 5.41) is 0.823. The lowest BCUT2D eigenvalue weighted by Crippen LogP contribution is -2.38. The molecule has 0 amide bonds. The quantitative estimate of drug-likeness (QED) is 0.551. The third-order valence-corrected chi connectivity index (χ3v) is 6.05. The molecule has 25 heavy (non-hydrogen) atoms. The van der Waals surface area contributed by atoms with Crippen molar-refractivity contribution in [2.24, 2.45) is 17.8 Å². The lowest BCUT2D eigenvalue weighted by molar-refractivity contribution is -0.229. The molecule has 1 aliphatic carbocycles. The van der Waals surface area contributed by atoms with E-state index in [9.17, 15) is 0 Å². The first-order chi connectivity index (χ1) is 12.2. The summed E-state index contributed by atoms with van der Waals surface area (Å²) in [4.78, 5) is 0. The van der Waals surface area contributed by atoms with E-state index in [1.165, 1.54) is 37.7 Å². The van der Waals surface area contributed by atoms with E-state index in [2.05, 4.69) is 18.7 Å². The normalized spacial score (nSPS) is 30.1. The molecule has 0 atom stereocenters. The second-order valence-electron chi connectivity index (χ2n) is 7.71. The second-order valence-corrected chi connectivity index (χ2v) is 8.15. The van der Waals surface area contributed by atoms with Crippen molar-refractivity contribution in [3.63, 3.8) is 0 Å². The van der Waals surface area contributed by atoms with Crippen LogP contribution in [0.15, 0.2) is 36.9 Å². The molecule has 1 saturated heterocycles. The number of allylic oxidation sites excluding steroid dienone is 1. The summed E-state index contributed by atoms with van der Waals surface area (Å²) in [6.07, 6.45) is 11.8. The van der Waals surface area contributed by atoms with Crippen LogP contribution in [0.3, 0.4) is 0 Å². The number of ether oxygens (including phenoxy) is 2. The standard InChI is InChI=1S/C22H31ClO2/c1-2-3-4-19-15-24-22(25-16-19)20-11-7-17(8-12-20)5-6-18-9-13-21(23)14-10-18/h2,9-10,13-14,17,19-20,22H,1,3-8,11-12,15-16H2/t17-,19-,20-,22-. The number of hydrogen-bond acceptors (Lipinski definition) is 2. The Bertz CT molecular complexity index is 511. The van der Waals surface area contributed by atoms with Crippen molar-refractivity contribution in [3.8, 4) is 0 Å². The minimum atomic E-state index is 0.0391. The summed E-state index contributed by atoms with van der Waals surface area (Å²) >= 11 is 5.96. The minimum Gasteiger partial charge on any atom is -0.352 e. The largest absolute Gasteiger partial charge is 0.352 e. The van der Waals surface area contributed by atoms with Gasteiger partial charge in [-0.05, 0) is 75.0 Å². The van der Waals surface area contributed by atoms with Crippen LogP contribution < -0.4 is 0 Å². The Morgan fingerprint density at radius 3 is 2.28 bits per heavy atom. The van der Waals surface area contributed by atoms with Crippen LogP contribution >= 0.6 is 11.6 Å². The molecule has 2 aliphatic rings. The van der Waals surface area contributed by atoms with Gasteiger partial charge in [-0.25, -0.2) is 0 Å². The van der Waals surface area contributed by atoms with Gasteiger partial charge in [0, 0.05) is 16.9 Å². The molecular weight excluding hydrogens is 332 g/mol. The zero-order chi connectivity index (χ0) is 17.5. The predicted molar refractivity (Wildman–Crippen MR) is 104 cm³/mol. The predicted octanol–water partition coefficient (Wildman–Crippen LogP) is 6.03. The fourth-order valence-corrected chi connectivity index (χ4v) is 4.25. The summed E-state index contributed by atoms with van der Waals surface area (Å²) in [5.41, 5.74) is 1.40. The number of halogens is 1. The van der Waals surface area contributed by atoms with Crippen LogP contribution in [-0.2, 0) is 15.9 Å². The molecule has 3 heteroatoms. The van der Waals surface area contributed by atoms with Crippen molar-refractivity contribution in [1.29, 1.82) is 0 Å². The van der Waals surface area contributed by atoms with Crippen molar-refractivity contribution in [3.05, 3.63) is 47.5 Å². The van der Waals surface area contributed by atoms with Crippen LogP contribution in [-0.4, -0.2) is 19.5 Å². The van der Waals surface area contributed by atoms with Gasteiger partial charge in [-0.1, -0.05) is 29.8 Å². The highest BCUT2D eigenvalue weighted by Gasteiger charge is 2.32. The number of benzene rings is 1. The van der Waals surface area contributed by atoms with Crippen LogP contribution in [0.1, 0.15) is 50.5 Å². The zero-order valence-corrected chi connectivity index (χ0v) is 15.9. The first-order valence-corrected chi connectivity index (χ1v) is 10.2. The molecule has 2 fully saturated rings. The van der Waals surface area contributed by atoms with Crippen molar-refractivity contribution in [1.82, 2.24) is 0 Å². The highest BCUT2D eigenvalue weighted by molar-refractivity contribution is 6.30. The summed E-state index contributed by atoms with van der Waals surface area (Å²) in [7, 11) is 0. The van der Waals surface area contributed by atoms with Gasteiger partial charge in [0.25, 0.3) is 0 Å². The van der Waals surface area contributed by atoms with E-state index >= 15 is 0 Å². The van der Waals surface area contributed by atoms with E-state index in [1.54, 1.807) is 0 Å². The Kier molecular flexibility index (Phi) is 7.39. The average molecular weight is 363 g/mol. The minimum absolute atomic E-state index is 0.0391. The Morgan fingerprint density at radius 1 is 0.960 bits per heavy atom. The van der Waals surface area contributed by atoms with Gasteiger partial charge in [0.1, 0.15) is 0 Å². The van der Waals surface area contributed by atoms with Crippen LogP contribution in [0.25, 0.3) is 0 Å². The molecule has 0 aromatic heterocycles. The Labute approximate surface area is 157 Å². The second kappa shape index (κ2) is 9.75. The molecule has 2 nitrogen and oxygen atoms in total. The topological polar surface area (TPSA) is 18.5 Å². The average Bonchev–Trinajstić information content (AvgIpc) is 2.67. The molecule has 1 aromatic carbocycles. The van der Waals surface area contributed by atoms with Crippen molar-refractivity contribution >= 4 is 11.6 Å². The SMILES string of the molecule is C=CCC[C@H]1CO[C@H]([C@H]2CC[C@H](CCc3ccc(Cl)cc3)CC2)OC1. The molecule has 0 unspecified atom stereocenters. The molecule has 0 radical (unpaired) electrons. The van der Waals surface area contributed by atoms with Crippen molar-refractivity contribution < 1.29 is 9.47 Å². The maximum absolute atomic E-state index is 6.03. The lowest BCUT2D eigenvalue weighted by Gasteiger charge is -2.37. The van der Waals surface area contributed by atoms with Gasteiger partial charge in [0.2, 0.25) is 0 Å². The summed E-state index contributed by atoms with van der Waals surface area (Å²) in [5.74, 6) is 1.98. The van der Waals surface area contributed by atoms with E-state index in [-0.39, 0.29) is 6.29 Å². The molecule has 0 bridgehead atoms. The molecule has 138 valence electrons. The van der Waals surface area contributed by atoms with E-state index in [4.69, 9.17) is 21.1 Å². The fourth-order valence-electron chi connectivity index (χ4n) is 4.12. The van der Waals surface area contributed by atoms with E-state index in [0.29, 0.717) is 11.8 Å². The highest BCUT2D eigenvalue weighted by Crippen LogP contribution is 2.36. The van der Waals surface area contributed by atoms with Crippen molar-refractivity contribution in [2.45, 2.75) is 57.7 Å². The fraction of sp³-hybridized carbons (Fsp3) is 0.636. The Hall–Kier alpha value is -0.830. The van der Waals surface area contributed by atoms with Gasteiger partial charge in [-0.15, -0.1) is 6.58 Å². The number of aryl methyl sites for hydroxylation is 1. The molecule has 1 saturated carbocycles. The first kappa shape index (κ1) is 18.9. The van der Waals surface area contributed by atoms with E-state index in [1.807, 2.05) is 18.2 Å². The molecular formula is C22H31ClO2. The summed E-state index contributed by atoms with van der Waals surface area (Å²) in [6, 6.07) is 8.29. The van der Waals surface area contributed by atoms with Crippen LogP contribution in [0, 0.1) is 17.8 Å². The molecule has 0 N–H and O–H groups in total. The Morgan fingerprint density at radius 2 is 1.64 bits per heavy atom. The third-order valence-electron chi connectivity index (χ3n) is 5.80. The number of rotatable bonds is 7. The summed E-state index contributed by atoms with van der Waals surface area (Å²) in [6.45, 7) is 5.50. The van der Waals surface area contributed by atoms with Crippen LogP contribution in [0.4, 0.5) is 0 Å². The molecule has 1 heterocycles. The van der Waals surface area contributed by atoms with Gasteiger partial charge in [0.15, 0.2) is 6.29 Å². The van der Waals surface area contributed by atoms with Crippen molar-refractivity contribution in [2.75, 3.05) is 13.2 Å². The molecule has 1 aliphatic heterocycles. The van der Waals surface area contributed by atoms with Crippen LogP contribution in [0.5, 0.6) is 0 Å². The monoisotopic (exact) mass is 362 g/mol. The van der Waals surface area contributed by atoms with Gasteiger partial charge < -0.3 is 9.47 Å². The molecule has 1 aromatic rings. The van der Waals surface area contributed by atoms with Gasteiger partial charge in [-0.2, -0.15) is 0 Å². The molecule has 0 spiro atoms. The Balaban J connectivity index is 1.34. The lowest BCUT2D eigenvalue weighted by atomic mass is 9.79. The molecule has 3 rings (SSSR count). The maximum Gasteiger partial charge on any atom is 0.160 e. The van der Waals surface area contributed by atoms with Gasteiger partial charge >= 0.3 is 0 Å². The summed E-state index contributed by atoms with van der Waals surface area (Å²) < 4.78 is 12.1. The van der Waals surface area contributed by atoms with Gasteiger partial charge in [-0.3, -0.25) is 0 Å².